The lowest BCUT2D eigenvalue weighted by atomic mass is 9.83. The van der Waals surface area contributed by atoms with Crippen LogP contribution in [0.5, 0.6) is 0 Å². The van der Waals surface area contributed by atoms with Gasteiger partial charge in [0.05, 0.1) is 13.2 Å². The van der Waals surface area contributed by atoms with Gasteiger partial charge in [0.25, 0.3) is 5.91 Å². The Morgan fingerprint density at radius 1 is 1.10 bits per heavy atom. The highest BCUT2D eigenvalue weighted by molar-refractivity contribution is 5.88. The average Bonchev–Trinajstić information content (AvgIpc) is 2.73. The van der Waals surface area contributed by atoms with Crippen LogP contribution < -0.4 is 5.32 Å². The Labute approximate surface area is 184 Å². The molecule has 2 aromatic rings. The molecule has 1 aliphatic carbocycles. The van der Waals surface area contributed by atoms with E-state index >= 15 is 0 Å². The SMILES string of the molecule is CC(C)NC(=O)C1(Cc2cccc(-c3ccccc3)c2)CN(C(=O)C2CCC2)CCO1. The third-order valence-electron chi connectivity index (χ3n) is 6.31. The van der Waals surface area contributed by atoms with E-state index in [2.05, 4.69) is 29.6 Å². The molecule has 1 N–H and O–H groups in total. The lowest BCUT2D eigenvalue weighted by molar-refractivity contribution is -0.169. The largest absolute Gasteiger partial charge is 0.361 e. The zero-order valence-electron chi connectivity index (χ0n) is 18.5. The number of ether oxygens (including phenoxy) is 1. The Morgan fingerprint density at radius 2 is 1.84 bits per heavy atom. The van der Waals surface area contributed by atoms with Crippen molar-refractivity contribution in [2.45, 2.75) is 51.2 Å². The summed E-state index contributed by atoms with van der Waals surface area (Å²) in [4.78, 5) is 28.1. The molecule has 1 unspecified atom stereocenters. The first-order chi connectivity index (χ1) is 15.0. The molecule has 0 bridgehead atoms. The molecule has 4 rings (SSSR count). The number of nitrogens with zero attached hydrogens (tertiary/aromatic N) is 1. The summed E-state index contributed by atoms with van der Waals surface area (Å²) in [6.07, 6.45) is 3.47. The van der Waals surface area contributed by atoms with Crippen LogP contribution in [0.25, 0.3) is 11.1 Å². The first-order valence-electron chi connectivity index (χ1n) is 11.3. The summed E-state index contributed by atoms with van der Waals surface area (Å²) >= 11 is 0. The molecule has 5 nitrogen and oxygen atoms in total. The van der Waals surface area contributed by atoms with Crippen molar-refractivity contribution in [2.75, 3.05) is 19.7 Å². The van der Waals surface area contributed by atoms with Gasteiger partial charge in [0.15, 0.2) is 5.60 Å². The van der Waals surface area contributed by atoms with Gasteiger partial charge in [-0.3, -0.25) is 9.59 Å². The van der Waals surface area contributed by atoms with Gasteiger partial charge >= 0.3 is 0 Å². The van der Waals surface area contributed by atoms with Gasteiger partial charge in [0.1, 0.15) is 0 Å². The Balaban J connectivity index is 1.61. The van der Waals surface area contributed by atoms with Gasteiger partial charge < -0.3 is 15.0 Å². The fourth-order valence-electron chi connectivity index (χ4n) is 4.43. The molecule has 0 radical (unpaired) electrons. The fourth-order valence-corrected chi connectivity index (χ4v) is 4.43. The number of morpholine rings is 1. The molecule has 1 heterocycles. The number of carbonyl (C=O) groups excluding carboxylic acids is 2. The van der Waals surface area contributed by atoms with Crippen LogP contribution in [0.4, 0.5) is 0 Å². The first-order valence-corrected chi connectivity index (χ1v) is 11.3. The summed E-state index contributed by atoms with van der Waals surface area (Å²) in [5.74, 6) is 0.151. The maximum Gasteiger partial charge on any atom is 0.254 e. The minimum Gasteiger partial charge on any atom is -0.361 e. The van der Waals surface area contributed by atoms with Gasteiger partial charge in [0.2, 0.25) is 5.91 Å². The molecule has 0 aromatic heterocycles. The number of benzene rings is 2. The van der Waals surface area contributed by atoms with Crippen molar-refractivity contribution in [2.24, 2.45) is 5.92 Å². The molecule has 1 saturated heterocycles. The first kappa shape index (κ1) is 21.6. The molecular formula is C26H32N2O3. The molecule has 31 heavy (non-hydrogen) atoms. The summed E-state index contributed by atoms with van der Waals surface area (Å²) in [6, 6.07) is 18.5. The molecule has 5 heteroatoms. The van der Waals surface area contributed by atoms with Crippen LogP contribution in [0.1, 0.15) is 38.7 Å². The molecule has 2 aliphatic rings. The molecule has 164 valence electrons. The van der Waals surface area contributed by atoms with Gasteiger partial charge in [0, 0.05) is 24.9 Å². The minimum atomic E-state index is -1.07. The standard InChI is InChI=1S/C26H32N2O3/c1-19(2)27-25(30)26(18-28(14-15-31-26)24(29)22-11-7-12-22)17-20-8-6-13-23(16-20)21-9-4-3-5-10-21/h3-6,8-10,13,16,19,22H,7,11-12,14-15,17-18H2,1-2H3,(H,27,30). The quantitative estimate of drug-likeness (QED) is 0.773. The summed E-state index contributed by atoms with van der Waals surface area (Å²) in [5.41, 5.74) is 2.20. The molecule has 2 aromatic carbocycles. The van der Waals surface area contributed by atoms with Crippen molar-refractivity contribution in [3.05, 3.63) is 60.2 Å². The average molecular weight is 421 g/mol. The van der Waals surface area contributed by atoms with Gasteiger partial charge in [-0.15, -0.1) is 0 Å². The highest BCUT2D eigenvalue weighted by Crippen LogP contribution is 2.32. The van der Waals surface area contributed by atoms with E-state index in [0.717, 1.165) is 36.0 Å². The van der Waals surface area contributed by atoms with Crippen LogP contribution in [0.15, 0.2) is 54.6 Å². The summed E-state index contributed by atoms with van der Waals surface area (Å²) in [6.45, 7) is 5.12. The summed E-state index contributed by atoms with van der Waals surface area (Å²) in [5, 5.41) is 3.03. The maximum absolute atomic E-state index is 13.3. The van der Waals surface area contributed by atoms with Crippen LogP contribution in [-0.2, 0) is 20.7 Å². The van der Waals surface area contributed by atoms with Crippen molar-refractivity contribution >= 4 is 11.8 Å². The van der Waals surface area contributed by atoms with E-state index in [4.69, 9.17) is 4.74 Å². The summed E-state index contributed by atoms with van der Waals surface area (Å²) < 4.78 is 6.18. The minimum absolute atomic E-state index is 0.00124. The van der Waals surface area contributed by atoms with Crippen LogP contribution in [0.3, 0.4) is 0 Å². The Kier molecular flexibility index (Phi) is 6.42. The zero-order valence-corrected chi connectivity index (χ0v) is 18.5. The lowest BCUT2D eigenvalue weighted by Gasteiger charge is -2.43. The third kappa shape index (κ3) is 4.82. The number of nitrogens with one attached hydrogen (secondary N) is 1. The van der Waals surface area contributed by atoms with Crippen LogP contribution >= 0.6 is 0 Å². The highest BCUT2D eigenvalue weighted by Gasteiger charge is 2.46. The van der Waals surface area contributed by atoms with Crippen molar-refractivity contribution in [1.82, 2.24) is 10.2 Å². The monoisotopic (exact) mass is 420 g/mol. The van der Waals surface area contributed by atoms with Crippen molar-refractivity contribution < 1.29 is 14.3 Å². The number of rotatable bonds is 6. The third-order valence-corrected chi connectivity index (χ3v) is 6.31. The Hall–Kier alpha value is -2.66. The van der Waals surface area contributed by atoms with Gasteiger partial charge in [-0.2, -0.15) is 0 Å². The van der Waals surface area contributed by atoms with Crippen LogP contribution in [0.2, 0.25) is 0 Å². The van der Waals surface area contributed by atoms with Crippen LogP contribution in [0, 0.1) is 5.92 Å². The van der Waals surface area contributed by atoms with Crippen molar-refractivity contribution in [1.29, 1.82) is 0 Å². The van der Waals surface area contributed by atoms with Crippen molar-refractivity contribution in [3.63, 3.8) is 0 Å². The number of carbonyl (C=O) groups is 2. The van der Waals surface area contributed by atoms with Gasteiger partial charge in [-0.1, -0.05) is 61.0 Å². The molecule has 1 aliphatic heterocycles. The molecule has 2 fully saturated rings. The van der Waals surface area contributed by atoms with E-state index in [0.29, 0.717) is 26.1 Å². The molecule has 0 spiro atoms. The van der Waals surface area contributed by atoms with Crippen LogP contribution in [-0.4, -0.2) is 48.1 Å². The second-order valence-electron chi connectivity index (χ2n) is 9.10. The van der Waals surface area contributed by atoms with E-state index in [1.165, 1.54) is 0 Å². The van der Waals surface area contributed by atoms with E-state index in [1.807, 2.05) is 49.1 Å². The molecular weight excluding hydrogens is 388 g/mol. The number of hydrogen-bond acceptors (Lipinski definition) is 3. The predicted molar refractivity (Wildman–Crippen MR) is 121 cm³/mol. The predicted octanol–water partition coefficient (Wildman–Crippen LogP) is 3.82. The fraction of sp³-hybridized carbons (Fsp3) is 0.462. The maximum atomic E-state index is 13.3. The van der Waals surface area contributed by atoms with E-state index in [-0.39, 0.29) is 23.8 Å². The van der Waals surface area contributed by atoms with E-state index < -0.39 is 5.60 Å². The number of amides is 2. The van der Waals surface area contributed by atoms with Gasteiger partial charge in [-0.25, -0.2) is 0 Å². The lowest BCUT2D eigenvalue weighted by Crippen LogP contribution is -2.63. The normalized spacial score (nSPS) is 21.6. The Morgan fingerprint density at radius 3 is 2.52 bits per heavy atom. The Bertz CT molecular complexity index is 923. The van der Waals surface area contributed by atoms with E-state index in [1.54, 1.807) is 0 Å². The van der Waals surface area contributed by atoms with E-state index in [9.17, 15) is 9.59 Å². The number of hydrogen-bond donors (Lipinski definition) is 1. The second kappa shape index (κ2) is 9.23. The highest BCUT2D eigenvalue weighted by atomic mass is 16.5. The summed E-state index contributed by atoms with van der Waals surface area (Å²) in [7, 11) is 0. The smallest absolute Gasteiger partial charge is 0.254 e. The molecule has 2 amide bonds. The zero-order chi connectivity index (χ0) is 21.8. The molecule has 1 saturated carbocycles. The topological polar surface area (TPSA) is 58.6 Å². The van der Waals surface area contributed by atoms with Crippen molar-refractivity contribution in [3.8, 4) is 11.1 Å². The van der Waals surface area contributed by atoms with Gasteiger partial charge in [-0.05, 0) is 43.4 Å². The molecule has 1 atom stereocenters. The second-order valence-corrected chi connectivity index (χ2v) is 9.10.